The molecule has 0 aliphatic carbocycles. The van der Waals surface area contributed by atoms with Crippen molar-refractivity contribution in [3.8, 4) is 28.3 Å². The molecule has 0 unspecified atom stereocenters. The van der Waals surface area contributed by atoms with Crippen molar-refractivity contribution in [2.45, 2.75) is 0 Å². The minimum absolute atomic E-state index is 0.0446. The largest absolute Gasteiger partial charge is 0.464 e. The standard InChI is InChI=1S/C23H15Cl2FN2O2/c1-30-23(29)20-21(15-8-5-9-16(24)12-15)28(17-10-11-19(26)18(25)13-17)22(27-20)14-6-3-2-4-7-14/h2-13H,1H3. The van der Waals surface area contributed by atoms with Gasteiger partial charge in [-0.15, -0.1) is 0 Å². The third-order valence-corrected chi connectivity index (χ3v) is 5.07. The van der Waals surface area contributed by atoms with Crippen LogP contribution in [0.25, 0.3) is 28.3 Å². The van der Waals surface area contributed by atoms with Crippen LogP contribution in [-0.2, 0) is 4.74 Å². The third-order valence-electron chi connectivity index (χ3n) is 4.55. The summed E-state index contributed by atoms with van der Waals surface area (Å²) in [5, 5.41) is 0.450. The molecule has 1 heterocycles. The van der Waals surface area contributed by atoms with Crippen LogP contribution >= 0.6 is 23.2 Å². The Morgan fingerprint density at radius 2 is 1.70 bits per heavy atom. The van der Waals surface area contributed by atoms with Gasteiger partial charge in [0, 0.05) is 21.8 Å². The van der Waals surface area contributed by atoms with E-state index in [0.29, 0.717) is 27.8 Å². The van der Waals surface area contributed by atoms with E-state index in [-0.39, 0.29) is 10.7 Å². The lowest BCUT2D eigenvalue weighted by atomic mass is 10.1. The second-order valence-corrected chi connectivity index (χ2v) is 7.28. The van der Waals surface area contributed by atoms with Crippen molar-refractivity contribution in [1.82, 2.24) is 9.55 Å². The molecule has 0 saturated heterocycles. The van der Waals surface area contributed by atoms with Crippen LogP contribution in [0.1, 0.15) is 10.5 Å². The SMILES string of the molecule is COC(=O)c1nc(-c2ccccc2)n(-c2ccc(F)c(Cl)c2)c1-c1cccc(Cl)c1. The fourth-order valence-electron chi connectivity index (χ4n) is 3.22. The topological polar surface area (TPSA) is 44.1 Å². The number of rotatable bonds is 4. The van der Waals surface area contributed by atoms with Crippen LogP contribution in [0.5, 0.6) is 0 Å². The normalized spacial score (nSPS) is 10.8. The van der Waals surface area contributed by atoms with Crippen LogP contribution in [0, 0.1) is 5.82 Å². The second-order valence-electron chi connectivity index (χ2n) is 6.43. The summed E-state index contributed by atoms with van der Waals surface area (Å²) in [6, 6.07) is 20.7. The first-order chi connectivity index (χ1) is 14.5. The maximum Gasteiger partial charge on any atom is 0.358 e. The van der Waals surface area contributed by atoms with E-state index in [9.17, 15) is 9.18 Å². The van der Waals surface area contributed by atoms with E-state index in [1.807, 2.05) is 36.4 Å². The van der Waals surface area contributed by atoms with E-state index in [2.05, 4.69) is 4.98 Å². The highest BCUT2D eigenvalue weighted by atomic mass is 35.5. The molecular formula is C23H15Cl2FN2O2. The number of hydrogen-bond acceptors (Lipinski definition) is 3. The van der Waals surface area contributed by atoms with Gasteiger partial charge >= 0.3 is 5.97 Å². The molecule has 0 aliphatic rings. The molecule has 7 heteroatoms. The van der Waals surface area contributed by atoms with E-state index in [4.69, 9.17) is 27.9 Å². The van der Waals surface area contributed by atoms with Crippen molar-refractivity contribution >= 4 is 29.2 Å². The van der Waals surface area contributed by atoms with Gasteiger partial charge in [-0.2, -0.15) is 0 Å². The van der Waals surface area contributed by atoms with Gasteiger partial charge in [0.15, 0.2) is 5.69 Å². The molecule has 0 aliphatic heterocycles. The van der Waals surface area contributed by atoms with Gasteiger partial charge < -0.3 is 4.74 Å². The van der Waals surface area contributed by atoms with Crippen molar-refractivity contribution in [1.29, 1.82) is 0 Å². The van der Waals surface area contributed by atoms with Gasteiger partial charge in [-0.1, -0.05) is 65.7 Å². The van der Waals surface area contributed by atoms with Gasteiger partial charge in [-0.3, -0.25) is 4.57 Å². The number of esters is 1. The third kappa shape index (κ3) is 3.70. The minimum Gasteiger partial charge on any atom is -0.464 e. The number of carbonyl (C=O) groups is 1. The second kappa shape index (κ2) is 8.30. The van der Waals surface area contributed by atoms with Crippen molar-refractivity contribution < 1.29 is 13.9 Å². The average molecular weight is 441 g/mol. The number of nitrogens with zero attached hydrogens (tertiary/aromatic N) is 2. The Labute approximate surface area is 182 Å². The zero-order valence-electron chi connectivity index (χ0n) is 15.8. The lowest BCUT2D eigenvalue weighted by molar-refractivity contribution is 0.0595. The summed E-state index contributed by atoms with van der Waals surface area (Å²) in [5.74, 6) is -0.665. The molecule has 3 aromatic carbocycles. The van der Waals surface area contributed by atoms with Crippen molar-refractivity contribution in [2.75, 3.05) is 7.11 Å². The summed E-state index contributed by atoms with van der Waals surface area (Å²) in [6.07, 6.45) is 0. The predicted molar refractivity (Wildman–Crippen MR) is 116 cm³/mol. The van der Waals surface area contributed by atoms with Crippen LogP contribution in [-0.4, -0.2) is 22.6 Å². The van der Waals surface area contributed by atoms with Gasteiger partial charge in [0.2, 0.25) is 0 Å². The Balaban J connectivity index is 2.11. The van der Waals surface area contributed by atoms with Gasteiger partial charge in [0.05, 0.1) is 17.8 Å². The number of carbonyl (C=O) groups excluding carboxylic acids is 1. The first kappa shape index (κ1) is 20.1. The Bertz CT molecular complexity index is 1240. The molecule has 30 heavy (non-hydrogen) atoms. The highest BCUT2D eigenvalue weighted by Gasteiger charge is 2.26. The number of aromatic nitrogens is 2. The smallest absolute Gasteiger partial charge is 0.358 e. The highest BCUT2D eigenvalue weighted by Crippen LogP contribution is 2.35. The van der Waals surface area contributed by atoms with E-state index < -0.39 is 11.8 Å². The van der Waals surface area contributed by atoms with Gasteiger partial charge in [-0.05, 0) is 30.3 Å². The zero-order chi connectivity index (χ0) is 21.3. The monoisotopic (exact) mass is 440 g/mol. The highest BCUT2D eigenvalue weighted by molar-refractivity contribution is 6.31. The molecule has 0 saturated carbocycles. The van der Waals surface area contributed by atoms with E-state index in [1.54, 1.807) is 28.8 Å². The molecule has 0 N–H and O–H groups in total. The summed E-state index contributed by atoms with van der Waals surface area (Å²) >= 11 is 12.3. The molecule has 4 nitrogen and oxygen atoms in total. The molecule has 0 radical (unpaired) electrons. The molecule has 0 bridgehead atoms. The number of imidazole rings is 1. The van der Waals surface area contributed by atoms with Crippen molar-refractivity contribution in [3.63, 3.8) is 0 Å². The number of halogens is 3. The number of benzene rings is 3. The molecule has 4 rings (SSSR count). The van der Waals surface area contributed by atoms with Crippen LogP contribution in [0.4, 0.5) is 4.39 Å². The van der Waals surface area contributed by atoms with Gasteiger partial charge in [-0.25, -0.2) is 14.2 Å². The van der Waals surface area contributed by atoms with Crippen LogP contribution in [0.3, 0.4) is 0 Å². The first-order valence-electron chi connectivity index (χ1n) is 8.97. The number of hydrogen-bond donors (Lipinski definition) is 0. The van der Waals surface area contributed by atoms with E-state index >= 15 is 0 Å². The predicted octanol–water partition coefficient (Wildman–Crippen LogP) is 6.44. The number of methoxy groups -OCH3 is 1. The van der Waals surface area contributed by atoms with Crippen molar-refractivity contribution in [3.05, 3.63) is 94.4 Å². The van der Waals surface area contributed by atoms with Gasteiger partial charge in [0.25, 0.3) is 0 Å². The van der Waals surface area contributed by atoms with Crippen LogP contribution in [0.15, 0.2) is 72.8 Å². The summed E-state index contributed by atoms with van der Waals surface area (Å²) in [4.78, 5) is 17.2. The average Bonchev–Trinajstić information content (AvgIpc) is 3.16. The molecular weight excluding hydrogens is 426 g/mol. The van der Waals surface area contributed by atoms with Crippen LogP contribution < -0.4 is 0 Å². The summed E-state index contributed by atoms with van der Waals surface area (Å²) in [6.45, 7) is 0. The zero-order valence-corrected chi connectivity index (χ0v) is 17.3. The molecule has 4 aromatic rings. The Morgan fingerprint density at radius 1 is 0.967 bits per heavy atom. The molecule has 0 fully saturated rings. The first-order valence-corrected chi connectivity index (χ1v) is 9.73. The maximum absolute atomic E-state index is 13.9. The quantitative estimate of drug-likeness (QED) is 0.343. The van der Waals surface area contributed by atoms with E-state index in [0.717, 1.165) is 5.56 Å². The maximum atomic E-state index is 13.9. The van der Waals surface area contributed by atoms with Gasteiger partial charge in [0.1, 0.15) is 11.6 Å². The fourth-order valence-corrected chi connectivity index (χ4v) is 3.58. The summed E-state index contributed by atoms with van der Waals surface area (Å²) in [7, 11) is 1.29. The summed E-state index contributed by atoms with van der Waals surface area (Å²) in [5.41, 5.74) is 2.53. The Morgan fingerprint density at radius 3 is 2.37 bits per heavy atom. The molecule has 0 atom stereocenters. The fraction of sp³-hybridized carbons (Fsp3) is 0.0435. The van der Waals surface area contributed by atoms with Crippen molar-refractivity contribution in [2.24, 2.45) is 0 Å². The van der Waals surface area contributed by atoms with E-state index in [1.165, 1.54) is 19.2 Å². The summed E-state index contributed by atoms with van der Waals surface area (Å²) < 4.78 is 20.6. The molecule has 0 spiro atoms. The molecule has 1 aromatic heterocycles. The Kier molecular flexibility index (Phi) is 5.57. The molecule has 0 amide bonds. The lowest BCUT2D eigenvalue weighted by Gasteiger charge is -2.14. The van der Waals surface area contributed by atoms with Crippen LogP contribution in [0.2, 0.25) is 10.0 Å². The number of ether oxygens (including phenoxy) is 1. The minimum atomic E-state index is -0.603. The lowest BCUT2D eigenvalue weighted by Crippen LogP contribution is -2.06. The Hall–Kier alpha value is -3.15. The molecule has 150 valence electrons.